The fourth-order valence-electron chi connectivity index (χ4n) is 2.12. The second-order valence-corrected chi connectivity index (χ2v) is 7.40. The number of hydrogen-bond acceptors (Lipinski definition) is 8. The molecule has 0 aromatic carbocycles. The number of anilines is 2. The lowest BCUT2D eigenvalue weighted by atomic mass is 10.1. The maximum absolute atomic E-state index is 11.1. The van der Waals surface area contributed by atoms with Gasteiger partial charge in [-0.05, 0) is 13.0 Å². The van der Waals surface area contributed by atoms with Gasteiger partial charge in [0, 0.05) is 24.9 Å². The van der Waals surface area contributed by atoms with Crippen LogP contribution in [0.25, 0.3) is 0 Å². The van der Waals surface area contributed by atoms with Gasteiger partial charge in [-0.15, -0.1) is 0 Å². The minimum atomic E-state index is -0.360. The van der Waals surface area contributed by atoms with Crippen LogP contribution in [0.4, 0.5) is 10.8 Å². The smallest absolute Gasteiger partial charge is 0.223 e. The molecule has 2 N–H and O–H groups in total. The van der Waals surface area contributed by atoms with Crippen molar-refractivity contribution in [3.63, 3.8) is 0 Å². The summed E-state index contributed by atoms with van der Waals surface area (Å²) < 4.78 is 5.05. The maximum Gasteiger partial charge on any atom is 0.223 e. The molecule has 0 spiro atoms. The number of thioether (sulfide) groups is 1. The topological polar surface area (TPSA) is 88.5 Å². The van der Waals surface area contributed by atoms with E-state index in [-0.39, 0.29) is 11.4 Å². The van der Waals surface area contributed by atoms with E-state index < -0.39 is 0 Å². The number of ether oxygens (including phenoxy) is 1. The van der Waals surface area contributed by atoms with E-state index in [2.05, 4.69) is 27.5 Å². The van der Waals surface area contributed by atoms with Gasteiger partial charge >= 0.3 is 0 Å². The molecule has 0 saturated carbocycles. The molecular weight excluding hydrogens is 346 g/mol. The van der Waals surface area contributed by atoms with Gasteiger partial charge in [0.05, 0.1) is 23.9 Å². The van der Waals surface area contributed by atoms with Crippen LogP contribution in [-0.2, 0) is 10.3 Å². The number of pyridine rings is 1. The highest BCUT2D eigenvalue weighted by Crippen LogP contribution is 2.40. The molecule has 3 heterocycles. The molecule has 0 radical (unpaired) electrons. The molecule has 0 aliphatic carbocycles. The second-order valence-electron chi connectivity index (χ2n) is 5.40. The Morgan fingerprint density at radius 1 is 1.33 bits per heavy atom. The van der Waals surface area contributed by atoms with Crippen molar-refractivity contribution in [2.75, 3.05) is 23.5 Å². The molecule has 2 aromatic heterocycles. The summed E-state index contributed by atoms with van der Waals surface area (Å²) in [5.74, 6) is 1.25. The number of nitrogens with zero attached hydrogens (tertiary/aromatic N) is 3. The molecule has 7 nitrogen and oxygen atoms in total. The minimum absolute atomic E-state index is 0.125. The van der Waals surface area contributed by atoms with Crippen LogP contribution >= 0.6 is 23.1 Å². The zero-order valence-corrected chi connectivity index (χ0v) is 15.1. The van der Waals surface area contributed by atoms with Crippen LogP contribution in [0.15, 0.2) is 29.5 Å². The molecule has 0 bridgehead atoms. The predicted octanol–water partition coefficient (Wildman–Crippen LogP) is 2.94. The third kappa shape index (κ3) is 3.68. The van der Waals surface area contributed by atoms with Crippen molar-refractivity contribution in [3.8, 4) is 5.88 Å². The molecule has 0 fully saturated rings. The van der Waals surface area contributed by atoms with Gasteiger partial charge in [-0.3, -0.25) is 4.79 Å². The van der Waals surface area contributed by atoms with E-state index in [0.717, 1.165) is 21.5 Å². The van der Waals surface area contributed by atoms with Crippen molar-refractivity contribution >= 4 is 45.0 Å². The maximum atomic E-state index is 11.1. The first-order chi connectivity index (χ1) is 11.5. The molecule has 1 amide bonds. The zero-order valence-electron chi connectivity index (χ0n) is 13.5. The number of carbonyl (C=O) groups excluding carboxylic acids is 1. The Kier molecular flexibility index (Phi) is 4.72. The second kappa shape index (κ2) is 6.78. The van der Waals surface area contributed by atoms with Gasteiger partial charge in [-0.2, -0.15) is 0 Å². The Bertz CT molecular complexity index is 774. The Hall–Kier alpha value is -2.13. The lowest BCUT2D eigenvalue weighted by molar-refractivity contribution is -0.114. The van der Waals surface area contributed by atoms with E-state index in [1.54, 1.807) is 37.3 Å². The third-order valence-corrected chi connectivity index (χ3v) is 5.69. The number of amides is 1. The summed E-state index contributed by atoms with van der Waals surface area (Å²) in [5.41, 5.74) is 0.496. The van der Waals surface area contributed by atoms with E-state index in [9.17, 15) is 4.79 Å². The first-order valence-electron chi connectivity index (χ1n) is 7.22. The standard InChI is InChI=1S/C15H17N5O2S2/c1-9(21)18-13-17-7-11(24-13)15(2)8-23-14(20-15)19-10-4-5-12(22-3)16-6-10/h4-7H,8H2,1-3H3,(H,19,20)(H,17,18,21). The molecule has 1 atom stereocenters. The molecule has 9 heteroatoms. The molecule has 126 valence electrons. The van der Waals surface area contributed by atoms with E-state index in [1.807, 2.05) is 6.07 Å². The Morgan fingerprint density at radius 3 is 2.83 bits per heavy atom. The number of hydrogen-bond donors (Lipinski definition) is 2. The van der Waals surface area contributed by atoms with Crippen LogP contribution in [0.2, 0.25) is 0 Å². The van der Waals surface area contributed by atoms with Crippen LogP contribution in [0.5, 0.6) is 5.88 Å². The van der Waals surface area contributed by atoms with E-state index in [1.165, 1.54) is 18.3 Å². The molecular formula is C15H17N5O2S2. The molecule has 2 aromatic rings. The van der Waals surface area contributed by atoms with Crippen molar-refractivity contribution in [2.45, 2.75) is 19.4 Å². The number of thiazole rings is 1. The fraction of sp³-hybridized carbons (Fsp3) is 0.333. The Morgan fingerprint density at radius 2 is 2.17 bits per heavy atom. The average molecular weight is 363 g/mol. The summed E-state index contributed by atoms with van der Waals surface area (Å²) >= 11 is 3.09. The average Bonchev–Trinajstić information content (AvgIpc) is 3.16. The molecule has 0 saturated heterocycles. The van der Waals surface area contributed by atoms with Crippen molar-refractivity contribution < 1.29 is 9.53 Å². The summed E-state index contributed by atoms with van der Waals surface area (Å²) in [6.07, 6.45) is 3.48. The highest BCUT2D eigenvalue weighted by atomic mass is 32.2. The molecule has 3 rings (SSSR count). The van der Waals surface area contributed by atoms with Crippen molar-refractivity contribution in [1.29, 1.82) is 0 Å². The van der Waals surface area contributed by atoms with Gasteiger partial charge in [0.2, 0.25) is 11.8 Å². The first-order valence-corrected chi connectivity index (χ1v) is 9.02. The summed E-state index contributed by atoms with van der Waals surface area (Å²) in [4.78, 5) is 25.3. The number of aliphatic imine (C=N–C) groups is 1. The summed E-state index contributed by atoms with van der Waals surface area (Å²) in [5, 5.41) is 7.40. The number of rotatable bonds is 4. The van der Waals surface area contributed by atoms with Gasteiger partial charge in [0.1, 0.15) is 5.54 Å². The normalized spacial score (nSPS) is 19.7. The first kappa shape index (κ1) is 16.7. The van der Waals surface area contributed by atoms with E-state index in [0.29, 0.717) is 11.0 Å². The largest absolute Gasteiger partial charge is 0.481 e. The summed E-state index contributed by atoms with van der Waals surface area (Å²) in [6, 6.07) is 3.69. The monoisotopic (exact) mass is 363 g/mol. The van der Waals surface area contributed by atoms with Gasteiger partial charge in [0.15, 0.2) is 10.3 Å². The zero-order chi connectivity index (χ0) is 17.2. The lowest BCUT2D eigenvalue weighted by Crippen LogP contribution is -2.17. The quantitative estimate of drug-likeness (QED) is 0.868. The molecule has 1 unspecified atom stereocenters. The lowest BCUT2D eigenvalue weighted by Gasteiger charge is -2.16. The highest BCUT2D eigenvalue weighted by molar-refractivity contribution is 8.14. The SMILES string of the molecule is COc1ccc(NC2=NC(C)(c3cnc(NC(C)=O)s3)CS2)cn1. The van der Waals surface area contributed by atoms with Crippen molar-refractivity contribution in [3.05, 3.63) is 29.4 Å². The number of aromatic nitrogens is 2. The third-order valence-electron chi connectivity index (χ3n) is 3.35. The van der Waals surface area contributed by atoms with Gasteiger partial charge < -0.3 is 15.4 Å². The van der Waals surface area contributed by atoms with Gasteiger partial charge in [-0.1, -0.05) is 23.1 Å². The van der Waals surface area contributed by atoms with Gasteiger partial charge in [-0.25, -0.2) is 15.0 Å². The number of nitrogens with one attached hydrogen (secondary N) is 2. The van der Waals surface area contributed by atoms with Crippen molar-refractivity contribution in [2.24, 2.45) is 4.99 Å². The number of methoxy groups -OCH3 is 1. The van der Waals surface area contributed by atoms with Crippen LogP contribution in [0.3, 0.4) is 0 Å². The van der Waals surface area contributed by atoms with Crippen LogP contribution in [0, 0.1) is 0 Å². The van der Waals surface area contributed by atoms with Crippen LogP contribution in [0.1, 0.15) is 18.7 Å². The van der Waals surface area contributed by atoms with E-state index >= 15 is 0 Å². The van der Waals surface area contributed by atoms with E-state index in [4.69, 9.17) is 9.73 Å². The van der Waals surface area contributed by atoms with Crippen molar-refractivity contribution in [1.82, 2.24) is 9.97 Å². The fourth-order valence-corrected chi connectivity index (χ4v) is 4.25. The summed E-state index contributed by atoms with van der Waals surface area (Å²) in [6.45, 7) is 3.53. The molecule has 1 aliphatic rings. The number of carbonyl (C=O) groups is 1. The van der Waals surface area contributed by atoms with Gasteiger partial charge in [0.25, 0.3) is 0 Å². The van der Waals surface area contributed by atoms with Crippen LogP contribution in [-0.4, -0.2) is 33.9 Å². The Balaban J connectivity index is 1.73. The molecule has 24 heavy (non-hydrogen) atoms. The highest BCUT2D eigenvalue weighted by Gasteiger charge is 2.34. The predicted molar refractivity (Wildman–Crippen MR) is 98.1 cm³/mol. The number of amidine groups is 1. The van der Waals surface area contributed by atoms with Crippen LogP contribution < -0.4 is 15.4 Å². The molecule has 1 aliphatic heterocycles. The Labute approximate surface area is 148 Å². The summed E-state index contributed by atoms with van der Waals surface area (Å²) in [7, 11) is 1.59. The minimum Gasteiger partial charge on any atom is -0.481 e.